The lowest BCUT2D eigenvalue weighted by Crippen LogP contribution is -2.05. The predicted octanol–water partition coefficient (Wildman–Crippen LogP) is 5.61. The summed E-state index contributed by atoms with van der Waals surface area (Å²) in [5.41, 5.74) is 1.21. The van der Waals surface area contributed by atoms with Crippen molar-refractivity contribution >= 4 is 15.9 Å². The third-order valence-electron chi connectivity index (χ3n) is 3.23. The molecule has 0 saturated heterocycles. The molecule has 0 amide bonds. The summed E-state index contributed by atoms with van der Waals surface area (Å²) in [5.74, 6) is 0. The zero-order valence-corrected chi connectivity index (χ0v) is 17.1. The van der Waals surface area contributed by atoms with Gasteiger partial charge in [-0.05, 0) is 37.7 Å². The molecule has 0 radical (unpaired) electrons. The Bertz CT molecular complexity index is 333. The standard InChI is InChI=1S/C18H29BrO3.C2H6/c19-11-5-8-14-20-12-6-2-7-13-21-15-16-22-17-18-9-3-1-4-10-18;1-2/h1,3-4,9-10H,2,5-8,11-17H2;1-2H3. The van der Waals surface area contributed by atoms with Gasteiger partial charge in [0.05, 0.1) is 19.8 Å². The molecule has 0 atom stereocenters. The fourth-order valence-electron chi connectivity index (χ4n) is 1.97. The van der Waals surface area contributed by atoms with Gasteiger partial charge in [0.25, 0.3) is 0 Å². The molecule has 0 aliphatic heterocycles. The molecule has 24 heavy (non-hydrogen) atoms. The van der Waals surface area contributed by atoms with Crippen molar-refractivity contribution in [2.75, 3.05) is 38.4 Å². The van der Waals surface area contributed by atoms with Gasteiger partial charge in [-0.15, -0.1) is 0 Å². The molecule has 0 unspecified atom stereocenters. The topological polar surface area (TPSA) is 27.7 Å². The van der Waals surface area contributed by atoms with E-state index in [-0.39, 0.29) is 0 Å². The van der Waals surface area contributed by atoms with Crippen molar-refractivity contribution in [1.82, 2.24) is 0 Å². The number of alkyl halides is 1. The van der Waals surface area contributed by atoms with Crippen molar-refractivity contribution in [1.29, 1.82) is 0 Å². The van der Waals surface area contributed by atoms with Gasteiger partial charge in [0.2, 0.25) is 0 Å². The molecule has 0 saturated carbocycles. The Kier molecular flexibility index (Phi) is 20.3. The first-order valence-corrected chi connectivity index (χ1v) is 10.4. The van der Waals surface area contributed by atoms with Crippen LogP contribution in [0.4, 0.5) is 0 Å². The van der Waals surface area contributed by atoms with Gasteiger partial charge in [-0.3, -0.25) is 0 Å². The Hall–Kier alpha value is -0.420. The molecule has 1 aromatic rings. The minimum atomic E-state index is 0.658. The Labute approximate surface area is 157 Å². The molecular weight excluding hydrogens is 368 g/mol. The van der Waals surface area contributed by atoms with Crippen LogP contribution in [0.25, 0.3) is 0 Å². The molecular formula is C20H35BrO3. The minimum Gasteiger partial charge on any atom is -0.381 e. The van der Waals surface area contributed by atoms with E-state index in [9.17, 15) is 0 Å². The van der Waals surface area contributed by atoms with Crippen LogP contribution in [0, 0.1) is 0 Å². The molecule has 1 rings (SSSR count). The SMILES string of the molecule is BrCCCCOCCCCCOCCOCc1ccccc1.CC. The highest BCUT2D eigenvalue weighted by Crippen LogP contribution is 2.01. The van der Waals surface area contributed by atoms with E-state index in [1.807, 2.05) is 32.0 Å². The van der Waals surface area contributed by atoms with Crippen LogP contribution in [-0.4, -0.2) is 38.4 Å². The molecule has 0 aromatic heterocycles. The van der Waals surface area contributed by atoms with Crippen LogP contribution in [0.15, 0.2) is 30.3 Å². The molecule has 140 valence electrons. The van der Waals surface area contributed by atoms with Crippen LogP contribution >= 0.6 is 15.9 Å². The van der Waals surface area contributed by atoms with Crippen molar-refractivity contribution in [3.63, 3.8) is 0 Å². The second kappa shape index (κ2) is 20.6. The van der Waals surface area contributed by atoms with Crippen LogP contribution < -0.4 is 0 Å². The Morgan fingerprint density at radius 2 is 1.21 bits per heavy atom. The van der Waals surface area contributed by atoms with Gasteiger partial charge in [-0.2, -0.15) is 0 Å². The first-order chi connectivity index (χ1) is 11.9. The Morgan fingerprint density at radius 1 is 0.667 bits per heavy atom. The highest BCUT2D eigenvalue weighted by molar-refractivity contribution is 9.09. The molecule has 0 bridgehead atoms. The molecule has 0 aliphatic carbocycles. The van der Waals surface area contributed by atoms with Crippen LogP contribution in [0.1, 0.15) is 51.5 Å². The van der Waals surface area contributed by atoms with E-state index in [4.69, 9.17) is 14.2 Å². The molecule has 0 spiro atoms. The summed E-state index contributed by atoms with van der Waals surface area (Å²) in [7, 11) is 0. The molecule has 0 N–H and O–H groups in total. The van der Waals surface area contributed by atoms with E-state index >= 15 is 0 Å². The lowest BCUT2D eigenvalue weighted by atomic mass is 10.2. The first kappa shape index (κ1) is 23.6. The van der Waals surface area contributed by atoms with Gasteiger partial charge in [-0.1, -0.05) is 60.1 Å². The van der Waals surface area contributed by atoms with Gasteiger partial charge < -0.3 is 14.2 Å². The summed E-state index contributed by atoms with van der Waals surface area (Å²) >= 11 is 3.42. The summed E-state index contributed by atoms with van der Waals surface area (Å²) in [6.07, 6.45) is 5.74. The fraction of sp³-hybridized carbons (Fsp3) is 0.700. The van der Waals surface area contributed by atoms with Crippen LogP contribution in [0.3, 0.4) is 0 Å². The quantitative estimate of drug-likeness (QED) is 0.282. The average Bonchev–Trinajstić information content (AvgIpc) is 2.64. The number of ether oxygens (including phenoxy) is 3. The summed E-state index contributed by atoms with van der Waals surface area (Å²) in [4.78, 5) is 0. The van der Waals surface area contributed by atoms with E-state index in [1.54, 1.807) is 0 Å². The second-order valence-electron chi connectivity index (χ2n) is 5.22. The van der Waals surface area contributed by atoms with E-state index in [0.717, 1.165) is 44.4 Å². The largest absolute Gasteiger partial charge is 0.381 e. The normalized spacial score (nSPS) is 10.3. The maximum atomic E-state index is 5.56. The Morgan fingerprint density at radius 3 is 1.83 bits per heavy atom. The lowest BCUT2D eigenvalue weighted by molar-refractivity contribution is 0.0385. The maximum Gasteiger partial charge on any atom is 0.0718 e. The molecule has 1 aromatic carbocycles. The number of hydrogen-bond acceptors (Lipinski definition) is 3. The van der Waals surface area contributed by atoms with Crippen molar-refractivity contribution in [2.45, 2.75) is 52.6 Å². The monoisotopic (exact) mass is 402 g/mol. The number of unbranched alkanes of at least 4 members (excludes halogenated alkanes) is 3. The zero-order valence-electron chi connectivity index (χ0n) is 15.5. The fourth-order valence-corrected chi connectivity index (χ4v) is 2.37. The van der Waals surface area contributed by atoms with Crippen molar-refractivity contribution in [3.05, 3.63) is 35.9 Å². The number of benzene rings is 1. The van der Waals surface area contributed by atoms with Gasteiger partial charge in [0, 0.05) is 25.2 Å². The van der Waals surface area contributed by atoms with Crippen molar-refractivity contribution in [3.8, 4) is 0 Å². The number of hydrogen-bond donors (Lipinski definition) is 0. The molecule has 4 heteroatoms. The molecule has 0 aliphatic rings. The molecule has 0 heterocycles. The predicted molar refractivity (Wildman–Crippen MR) is 106 cm³/mol. The third-order valence-corrected chi connectivity index (χ3v) is 3.79. The molecule has 3 nitrogen and oxygen atoms in total. The third kappa shape index (κ3) is 16.4. The Balaban J connectivity index is 0.00000254. The highest BCUT2D eigenvalue weighted by atomic mass is 79.9. The van der Waals surface area contributed by atoms with Gasteiger partial charge in [0.1, 0.15) is 0 Å². The lowest BCUT2D eigenvalue weighted by Gasteiger charge is -2.06. The van der Waals surface area contributed by atoms with Gasteiger partial charge in [0.15, 0.2) is 0 Å². The number of halogens is 1. The van der Waals surface area contributed by atoms with Crippen molar-refractivity contribution < 1.29 is 14.2 Å². The molecule has 0 fully saturated rings. The second-order valence-corrected chi connectivity index (χ2v) is 6.01. The summed E-state index contributed by atoms with van der Waals surface area (Å²) in [6.45, 7) is 8.58. The van der Waals surface area contributed by atoms with Crippen LogP contribution in [-0.2, 0) is 20.8 Å². The summed E-state index contributed by atoms with van der Waals surface area (Å²) < 4.78 is 16.7. The minimum absolute atomic E-state index is 0.658. The first-order valence-electron chi connectivity index (χ1n) is 9.26. The summed E-state index contributed by atoms with van der Waals surface area (Å²) in [5, 5.41) is 1.07. The van der Waals surface area contributed by atoms with Crippen molar-refractivity contribution in [2.24, 2.45) is 0 Å². The van der Waals surface area contributed by atoms with Gasteiger partial charge in [-0.25, -0.2) is 0 Å². The maximum absolute atomic E-state index is 5.56. The highest BCUT2D eigenvalue weighted by Gasteiger charge is 1.94. The van der Waals surface area contributed by atoms with E-state index in [1.165, 1.54) is 18.4 Å². The van der Waals surface area contributed by atoms with E-state index in [2.05, 4.69) is 28.1 Å². The summed E-state index contributed by atoms with van der Waals surface area (Å²) in [6, 6.07) is 10.2. The zero-order chi connectivity index (χ0) is 17.7. The average molecular weight is 403 g/mol. The van der Waals surface area contributed by atoms with E-state index in [0.29, 0.717) is 19.8 Å². The van der Waals surface area contributed by atoms with Gasteiger partial charge >= 0.3 is 0 Å². The van der Waals surface area contributed by atoms with E-state index < -0.39 is 0 Å². The van der Waals surface area contributed by atoms with Crippen LogP contribution in [0.5, 0.6) is 0 Å². The van der Waals surface area contributed by atoms with Crippen LogP contribution in [0.2, 0.25) is 0 Å². The smallest absolute Gasteiger partial charge is 0.0718 e. The number of rotatable bonds is 15.